The fraction of sp³-hybridized carbons (Fsp3) is 0.294. The summed E-state index contributed by atoms with van der Waals surface area (Å²) in [5.41, 5.74) is 1.90. The Kier molecular flexibility index (Phi) is 5.83. The second-order valence-corrected chi connectivity index (χ2v) is 4.98. The number of carbonyl (C=O) groups is 2. The summed E-state index contributed by atoms with van der Waals surface area (Å²) >= 11 is 0. The third kappa shape index (κ3) is 4.77. The van der Waals surface area contributed by atoms with Crippen LogP contribution in [0.3, 0.4) is 0 Å². The molecular weight excluding hydrogens is 312 g/mol. The lowest BCUT2D eigenvalue weighted by atomic mass is 10.1. The van der Waals surface area contributed by atoms with Crippen molar-refractivity contribution < 1.29 is 23.5 Å². The summed E-state index contributed by atoms with van der Waals surface area (Å²) in [5, 5.41) is 7.83. The third-order valence-corrected chi connectivity index (χ3v) is 3.02. The topological polar surface area (TPSA) is 91.5 Å². The molecule has 1 aromatic carbocycles. The van der Waals surface area contributed by atoms with Gasteiger partial charge in [-0.2, -0.15) is 0 Å². The average Bonchev–Trinajstić information content (AvgIpc) is 3.04. The van der Waals surface area contributed by atoms with E-state index in [1.807, 2.05) is 31.2 Å². The Morgan fingerprint density at radius 1 is 1.17 bits per heavy atom. The molecule has 0 saturated carbocycles. The van der Waals surface area contributed by atoms with E-state index in [-0.39, 0.29) is 12.5 Å². The van der Waals surface area contributed by atoms with Crippen LogP contribution in [-0.4, -0.2) is 28.7 Å². The largest absolute Gasteiger partial charge is 0.463 e. The van der Waals surface area contributed by atoms with Gasteiger partial charge in [0.15, 0.2) is 6.10 Å². The molecule has 24 heavy (non-hydrogen) atoms. The lowest BCUT2D eigenvalue weighted by Crippen LogP contribution is -2.08. The number of hydrogen-bond acceptors (Lipinski definition) is 7. The highest BCUT2D eigenvalue weighted by Gasteiger charge is 2.18. The Balaban J connectivity index is 1.98. The van der Waals surface area contributed by atoms with Gasteiger partial charge in [-0.25, -0.2) is 9.59 Å². The van der Waals surface area contributed by atoms with E-state index in [1.54, 1.807) is 13.8 Å². The summed E-state index contributed by atoms with van der Waals surface area (Å²) in [7, 11) is 0. The molecule has 0 aliphatic heterocycles. The zero-order chi connectivity index (χ0) is 17.5. The quantitative estimate of drug-likeness (QED) is 0.594. The maximum Gasteiger partial charge on any atom is 0.331 e. The number of esters is 2. The molecule has 0 aliphatic carbocycles. The Bertz CT molecular complexity index is 734. The number of nitrogens with zero attached hydrogens (tertiary/aromatic N) is 2. The first-order valence-electron chi connectivity index (χ1n) is 7.45. The summed E-state index contributed by atoms with van der Waals surface area (Å²) in [6, 6.07) is 7.60. The van der Waals surface area contributed by atoms with Crippen molar-refractivity contribution in [1.82, 2.24) is 10.2 Å². The minimum atomic E-state index is -0.740. The molecule has 1 atom stereocenters. The highest BCUT2D eigenvalue weighted by Crippen LogP contribution is 2.22. The van der Waals surface area contributed by atoms with Crippen molar-refractivity contribution in [2.24, 2.45) is 0 Å². The van der Waals surface area contributed by atoms with Crippen LogP contribution in [0.1, 0.15) is 31.4 Å². The van der Waals surface area contributed by atoms with E-state index in [0.29, 0.717) is 5.89 Å². The monoisotopic (exact) mass is 330 g/mol. The van der Waals surface area contributed by atoms with Crippen LogP contribution < -0.4 is 0 Å². The van der Waals surface area contributed by atoms with Crippen LogP contribution in [0.2, 0.25) is 0 Å². The van der Waals surface area contributed by atoms with Gasteiger partial charge in [0.05, 0.1) is 6.61 Å². The van der Waals surface area contributed by atoms with Crippen molar-refractivity contribution in [2.45, 2.75) is 26.9 Å². The third-order valence-electron chi connectivity index (χ3n) is 3.02. The fourth-order valence-corrected chi connectivity index (χ4v) is 1.80. The van der Waals surface area contributed by atoms with Crippen LogP contribution in [0.4, 0.5) is 0 Å². The van der Waals surface area contributed by atoms with Crippen LogP contribution in [0, 0.1) is 6.92 Å². The van der Waals surface area contributed by atoms with Crippen molar-refractivity contribution in [3.63, 3.8) is 0 Å². The molecule has 0 N–H and O–H groups in total. The summed E-state index contributed by atoms with van der Waals surface area (Å²) in [5.74, 6) is -0.800. The normalized spacial score (nSPS) is 12.1. The number of aryl methyl sites for hydroxylation is 1. The van der Waals surface area contributed by atoms with Gasteiger partial charge in [-0.15, -0.1) is 10.2 Å². The SMILES string of the molecule is CCOC(=O)/C=C/C(=O)O[C@H](C)c1nnc(-c2ccc(C)cc2)o1. The lowest BCUT2D eigenvalue weighted by molar-refractivity contribution is -0.144. The van der Waals surface area contributed by atoms with E-state index in [2.05, 4.69) is 14.9 Å². The highest BCUT2D eigenvalue weighted by atomic mass is 16.6. The molecule has 1 heterocycles. The maximum absolute atomic E-state index is 11.6. The summed E-state index contributed by atoms with van der Waals surface area (Å²) in [4.78, 5) is 22.8. The molecule has 0 bridgehead atoms. The number of rotatable bonds is 6. The summed E-state index contributed by atoms with van der Waals surface area (Å²) in [6.45, 7) is 5.49. The Morgan fingerprint density at radius 3 is 2.50 bits per heavy atom. The van der Waals surface area contributed by atoms with E-state index in [0.717, 1.165) is 23.3 Å². The van der Waals surface area contributed by atoms with Crippen molar-refractivity contribution >= 4 is 11.9 Å². The van der Waals surface area contributed by atoms with Gasteiger partial charge >= 0.3 is 11.9 Å². The molecule has 0 fully saturated rings. The lowest BCUT2D eigenvalue weighted by Gasteiger charge is -2.06. The Hall–Kier alpha value is -2.96. The van der Waals surface area contributed by atoms with Gasteiger partial charge in [0.2, 0.25) is 5.89 Å². The molecule has 7 heteroatoms. The molecule has 0 saturated heterocycles. The number of ether oxygens (including phenoxy) is 2. The Morgan fingerprint density at radius 2 is 1.83 bits per heavy atom. The average molecular weight is 330 g/mol. The van der Waals surface area contributed by atoms with Crippen LogP contribution in [-0.2, 0) is 19.1 Å². The molecular formula is C17H18N2O5. The van der Waals surface area contributed by atoms with Gasteiger partial charge in [0, 0.05) is 17.7 Å². The van der Waals surface area contributed by atoms with Crippen LogP contribution in [0.15, 0.2) is 40.8 Å². The zero-order valence-corrected chi connectivity index (χ0v) is 13.7. The first kappa shape index (κ1) is 17.4. The predicted molar refractivity (Wildman–Crippen MR) is 84.8 cm³/mol. The van der Waals surface area contributed by atoms with Gasteiger partial charge in [0.1, 0.15) is 0 Å². The molecule has 1 aromatic heterocycles. The molecule has 0 unspecified atom stereocenters. The maximum atomic E-state index is 11.6. The zero-order valence-electron chi connectivity index (χ0n) is 13.7. The van der Waals surface area contributed by atoms with Crippen molar-refractivity contribution in [2.75, 3.05) is 6.61 Å². The minimum absolute atomic E-state index is 0.170. The van der Waals surface area contributed by atoms with E-state index in [1.165, 1.54) is 0 Å². The van der Waals surface area contributed by atoms with Gasteiger partial charge in [0.25, 0.3) is 5.89 Å². The van der Waals surface area contributed by atoms with Gasteiger partial charge in [-0.3, -0.25) is 0 Å². The fourth-order valence-electron chi connectivity index (χ4n) is 1.80. The van der Waals surface area contributed by atoms with Gasteiger partial charge in [-0.1, -0.05) is 17.7 Å². The first-order valence-corrected chi connectivity index (χ1v) is 7.45. The van der Waals surface area contributed by atoms with Crippen LogP contribution in [0.5, 0.6) is 0 Å². The number of aromatic nitrogens is 2. The standard InChI is InChI=1S/C17H18N2O5/c1-4-22-14(20)9-10-15(21)23-12(3)16-18-19-17(24-16)13-7-5-11(2)6-8-13/h5-10,12H,4H2,1-3H3/b10-9+/t12-/m1/s1. The molecule has 0 radical (unpaired) electrons. The minimum Gasteiger partial charge on any atom is -0.463 e. The second-order valence-electron chi connectivity index (χ2n) is 4.98. The van der Waals surface area contributed by atoms with Gasteiger partial charge < -0.3 is 13.9 Å². The van der Waals surface area contributed by atoms with Crippen LogP contribution in [0.25, 0.3) is 11.5 Å². The highest BCUT2D eigenvalue weighted by molar-refractivity contribution is 5.91. The molecule has 0 aliphatic rings. The van der Waals surface area contributed by atoms with E-state index < -0.39 is 18.0 Å². The molecule has 7 nitrogen and oxygen atoms in total. The number of hydrogen-bond donors (Lipinski definition) is 0. The van der Waals surface area contributed by atoms with E-state index in [4.69, 9.17) is 9.15 Å². The summed E-state index contributed by atoms with van der Waals surface area (Å²) < 4.78 is 15.3. The number of benzene rings is 1. The smallest absolute Gasteiger partial charge is 0.331 e. The van der Waals surface area contributed by atoms with Crippen LogP contribution >= 0.6 is 0 Å². The molecule has 2 rings (SSSR count). The molecule has 126 valence electrons. The van der Waals surface area contributed by atoms with Crippen molar-refractivity contribution in [1.29, 1.82) is 0 Å². The number of carbonyl (C=O) groups excluding carboxylic acids is 2. The first-order chi connectivity index (χ1) is 11.5. The van der Waals surface area contributed by atoms with Gasteiger partial charge in [-0.05, 0) is 32.9 Å². The second kappa shape index (κ2) is 8.05. The molecule has 2 aromatic rings. The predicted octanol–water partition coefficient (Wildman–Crippen LogP) is 2.77. The molecule has 0 spiro atoms. The summed E-state index contributed by atoms with van der Waals surface area (Å²) in [6.07, 6.45) is 1.26. The van der Waals surface area contributed by atoms with E-state index in [9.17, 15) is 9.59 Å². The van der Waals surface area contributed by atoms with Crippen molar-refractivity contribution in [3.8, 4) is 11.5 Å². The molecule has 0 amide bonds. The Labute approximate surface area is 139 Å². The van der Waals surface area contributed by atoms with Crippen molar-refractivity contribution in [3.05, 3.63) is 47.9 Å². The van der Waals surface area contributed by atoms with E-state index >= 15 is 0 Å².